The van der Waals surface area contributed by atoms with Gasteiger partial charge in [-0.05, 0) is 13.8 Å². The van der Waals surface area contributed by atoms with Gasteiger partial charge in [-0.1, -0.05) is 0 Å². The lowest BCUT2D eigenvalue weighted by molar-refractivity contribution is 0.121. The zero-order valence-corrected chi connectivity index (χ0v) is 7.01. The number of hydrogen-bond donors (Lipinski definition) is 2. The van der Waals surface area contributed by atoms with Gasteiger partial charge in [0.05, 0.1) is 6.10 Å². The molecule has 0 radical (unpaired) electrons. The Kier molecular flexibility index (Phi) is 3.27. The van der Waals surface area contributed by atoms with Crippen LogP contribution in [0.3, 0.4) is 0 Å². The number of amides is 1. The first-order chi connectivity index (χ1) is 4.81. The molecule has 0 saturated heterocycles. The Hall–Kier alpha value is -0.820. The number of carbonyl (C=O) groups is 1. The summed E-state index contributed by atoms with van der Waals surface area (Å²) < 4.78 is 26.2. The summed E-state index contributed by atoms with van der Waals surface area (Å²) >= 11 is 0. The van der Waals surface area contributed by atoms with Crippen LogP contribution in [-0.4, -0.2) is 20.6 Å². The lowest BCUT2D eigenvalue weighted by Crippen LogP contribution is -2.37. The smallest absolute Gasteiger partial charge is 0.422 e. The van der Waals surface area contributed by atoms with Gasteiger partial charge in [0.25, 0.3) is 0 Å². The molecule has 0 rings (SSSR count). The minimum absolute atomic E-state index is 0.378. The molecule has 0 aromatic heterocycles. The lowest BCUT2D eigenvalue weighted by atomic mass is 10.5. The second kappa shape index (κ2) is 3.54. The van der Waals surface area contributed by atoms with E-state index in [2.05, 4.69) is 9.88 Å². The molecule has 1 amide bonds. The first kappa shape index (κ1) is 10.2. The van der Waals surface area contributed by atoms with Crippen LogP contribution >= 0.6 is 0 Å². The monoisotopic (exact) mass is 182 g/mol. The molecule has 0 heterocycles. The molecular weight excluding hydrogens is 172 g/mol. The predicted molar refractivity (Wildman–Crippen MR) is 37.9 cm³/mol. The number of nitrogens with one attached hydrogen (secondary N) is 1. The molecule has 0 aliphatic rings. The fourth-order valence-corrected chi connectivity index (χ4v) is 0.635. The summed E-state index contributed by atoms with van der Waals surface area (Å²) in [5.74, 6) is 0. The minimum Gasteiger partial charge on any atom is -0.446 e. The molecule has 6 nitrogen and oxygen atoms in total. The minimum atomic E-state index is -3.99. The summed E-state index contributed by atoms with van der Waals surface area (Å²) in [4.78, 5) is 10.5. The van der Waals surface area contributed by atoms with E-state index < -0.39 is 16.3 Å². The van der Waals surface area contributed by atoms with Crippen molar-refractivity contribution >= 4 is 16.3 Å². The molecule has 0 bridgehead atoms. The third kappa shape index (κ3) is 7.07. The fraction of sp³-hybridized carbons (Fsp3) is 0.750. The van der Waals surface area contributed by atoms with Crippen LogP contribution in [0.5, 0.6) is 0 Å². The number of carbonyl (C=O) groups excluding carboxylic acids is 1. The highest BCUT2D eigenvalue weighted by Gasteiger charge is 2.10. The van der Waals surface area contributed by atoms with Crippen molar-refractivity contribution in [2.45, 2.75) is 20.0 Å². The lowest BCUT2D eigenvalue weighted by Gasteiger charge is -2.06. The number of ether oxygens (including phenoxy) is 1. The number of nitrogens with two attached hydrogens (primary N) is 1. The molecule has 0 aromatic rings. The molecule has 0 unspecified atom stereocenters. The van der Waals surface area contributed by atoms with E-state index >= 15 is 0 Å². The Balaban J connectivity index is 3.91. The van der Waals surface area contributed by atoms with Crippen molar-refractivity contribution < 1.29 is 17.9 Å². The van der Waals surface area contributed by atoms with Crippen LogP contribution < -0.4 is 9.86 Å². The molecule has 0 aliphatic carbocycles. The van der Waals surface area contributed by atoms with Crippen LogP contribution in [0.25, 0.3) is 0 Å². The second-order valence-electron chi connectivity index (χ2n) is 2.10. The quantitative estimate of drug-likeness (QED) is 0.591. The highest BCUT2D eigenvalue weighted by atomic mass is 32.2. The molecular formula is C4H10N2O4S. The van der Waals surface area contributed by atoms with Crippen LogP contribution in [0.2, 0.25) is 0 Å². The molecule has 0 fully saturated rings. The first-order valence-corrected chi connectivity index (χ1v) is 4.37. The maximum absolute atomic E-state index is 10.5. The summed E-state index contributed by atoms with van der Waals surface area (Å²) in [7, 11) is -3.99. The molecule has 0 aromatic carbocycles. The second-order valence-corrected chi connectivity index (χ2v) is 3.40. The number of rotatable bonds is 2. The van der Waals surface area contributed by atoms with Crippen LogP contribution in [0, 0.1) is 0 Å². The molecule has 0 atom stereocenters. The van der Waals surface area contributed by atoms with E-state index in [1.807, 2.05) is 0 Å². The van der Waals surface area contributed by atoms with Gasteiger partial charge in [-0.3, -0.25) is 0 Å². The summed E-state index contributed by atoms with van der Waals surface area (Å²) in [6.07, 6.45) is -1.45. The third-order valence-corrected chi connectivity index (χ3v) is 1.02. The van der Waals surface area contributed by atoms with Crippen LogP contribution in [0.15, 0.2) is 0 Å². The zero-order valence-electron chi connectivity index (χ0n) is 6.20. The largest absolute Gasteiger partial charge is 0.446 e. The summed E-state index contributed by atoms with van der Waals surface area (Å²) in [6, 6.07) is 0. The summed E-state index contributed by atoms with van der Waals surface area (Å²) in [5.41, 5.74) is 0. The third-order valence-electron chi connectivity index (χ3n) is 0.568. The van der Waals surface area contributed by atoms with E-state index in [9.17, 15) is 13.2 Å². The van der Waals surface area contributed by atoms with Crippen molar-refractivity contribution in [1.82, 2.24) is 4.72 Å². The molecule has 66 valence electrons. The molecule has 3 N–H and O–H groups in total. The standard InChI is InChI=1S/C4H10N2O4S/c1-3(2)10-4(7)6-11(5,8)9/h3H,1-2H3,(H,6,7)(H2,5,8,9). The van der Waals surface area contributed by atoms with Gasteiger partial charge in [-0.2, -0.15) is 8.42 Å². The van der Waals surface area contributed by atoms with Crippen LogP contribution in [0.4, 0.5) is 4.79 Å². The summed E-state index contributed by atoms with van der Waals surface area (Å²) in [5, 5.41) is 4.47. The van der Waals surface area contributed by atoms with E-state index in [4.69, 9.17) is 0 Å². The van der Waals surface area contributed by atoms with Gasteiger partial charge in [0.15, 0.2) is 0 Å². The van der Waals surface area contributed by atoms with Gasteiger partial charge in [0, 0.05) is 0 Å². The topological polar surface area (TPSA) is 98.5 Å². The van der Waals surface area contributed by atoms with Gasteiger partial charge in [-0.25, -0.2) is 14.7 Å². The maximum Gasteiger partial charge on any atom is 0.422 e. The Morgan fingerprint density at radius 3 is 2.27 bits per heavy atom. The Labute approximate surface area is 64.9 Å². The van der Waals surface area contributed by atoms with E-state index in [0.29, 0.717) is 0 Å². The highest BCUT2D eigenvalue weighted by molar-refractivity contribution is 7.87. The molecule has 7 heteroatoms. The van der Waals surface area contributed by atoms with Crippen molar-refractivity contribution in [3.05, 3.63) is 0 Å². The van der Waals surface area contributed by atoms with Crippen LogP contribution in [-0.2, 0) is 14.9 Å². The fourth-order valence-electron chi connectivity index (χ4n) is 0.354. The van der Waals surface area contributed by atoms with Gasteiger partial charge in [-0.15, -0.1) is 0 Å². The normalized spacial score (nSPS) is 11.3. The molecule has 0 aliphatic heterocycles. The zero-order chi connectivity index (χ0) is 9.07. The molecule has 11 heavy (non-hydrogen) atoms. The Morgan fingerprint density at radius 2 is 2.00 bits per heavy atom. The van der Waals surface area contributed by atoms with E-state index in [-0.39, 0.29) is 6.10 Å². The average molecular weight is 182 g/mol. The van der Waals surface area contributed by atoms with Gasteiger partial charge in [0.1, 0.15) is 0 Å². The molecule has 0 spiro atoms. The average Bonchev–Trinajstić information content (AvgIpc) is 1.53. The van der Waals surface area contributed by atoms with E-state index in [1.54, 1.807) is 13.8 Å². The van der Waals surface area contributed by atoms with Gasteiger partial charge < -0.3 is 4.74 Å². The Bertz CT molecular complexity index is 232. The number of hydrogen-bond acceptors (Lipinski definition) is 4. The van der Waals surface area contributed by atoms with Crippen LogP contribution in [0.1, 0.15) is 13.8 Å². The van der Waals surface area contributed by atoms with Gasteiger partial charge >= 0.3 is 16.3 Å². The molecule has 0 saturated carbocycles. The van der Waals surface area contributed by atoms with Crippen molar-refractivity contribution in [3.8, 4) is 0 Å². The van der Waals surface area contributed by atoms with Crippen molar-refractivity contribution in [2.24, 2.45) is 5.14 Å². The van der Waals surface area contributed by atoms with Gasteiger partial charge in [0.2, 0.25) is 0 Å². The Morgan fingerprint density at radius 1 is 1.55 bits per heavy atom. The van der Waals surface area contributed by atoms with Crippen molar-refractivity contribution in [3.63, 3.8) is 0 Å². The predicted octanol–water partition coefficient (Wildman–Crippen LogP) is -0.675. The van der Waals surface area contributed by atoms with E-state index in [0.717, 1.165) is 0 Å². The van der Waals surface area contributed by atoms with Crippen molar-refractivity contribution in [1.29, 1.82) is 0 Å². The van der Waals surface area contributed by atoms with Crippen molar-refractivity contribution in [2.75, 3.05) is 0 Å². The van der Waals surface area contributed by atoms with E-state index in [1.165, 1.54) is 4.72 Å². The highest BCUT2D eigenvalue weighted by Crippen LogP contribution is 1.88. The SMILES string of the molecule is CC(C)OC(=O)NS(N)(=O)=O. The maximum atomic E-state index is 10.5. The first-order valence-electron chi connectivity index (χ1n) is 2.82. The summed E-state index contributed by atoms with van der Waals surface area (Å²) in [6.45, 7) is 3.17.